The van der Waals surface area contributed by atoms with Gasteiger partial charge in [-0.05, 0) is 37.0 Å². The molecule has 4 nitrogen and oxygen atoms in total. The van der Waals surface area contributed by atoms with Crippen molar-refractivity contribution in [2.75, 3.05) is 18.4 Å². The van der Waals surface area contributed by atoms with Crippen molar-refractivity contribution in [3.63, 3.8) is 0 Å². The van der Waals surface area contributed by atoms with Gasteiger partial charge in [0.1, 0.15) is 12.0 Å². The summed E-state index contributed by atoms with van der Waals surface area (Å²) in [5.74, 6) is 0.547. The summed E-state index contributed by atoms with van der Waals surface area (Å²) in [5.41, 5.74) is 1.74. The Morgan fingerprint density at radius 1 is 1.55 bits per heavy atom. The average molecular weight is 307 g/mol. The Labute approximate surface area is 132 Å². The van der Waals surface area contributed by atoms with Gasteiger partial charge in [-0.3, -0.25) is 9.69 Å². The maximum absolute atomic E-state index is 13.3. The number of anilines is 1. The molecule has 0 radical (unpaired) electrons. The number of likely N-dealkylation sites (tertiary alicyclic amines) is 1. The van der Waals surface area contributed by atoms with E-state index in [0.29, 0.717) is 25.3 Å². The maximum atomic E-state index is 13.3. The molecular weight excluding hydrogens is 281 g/mol. The van der Waals surface area contributed by atoms with E-state index >= 15 is 0 Å². The van der Waals surface area contributed by atoms with Crippen molar-refractivity contribution in [1.29, 1.82) is 0 Å². The molecule has 22 heavy (non-hydrogen) atoms. The predicted octanol–water partition coefficient (Wildman–Crippen LogP) is 3.31. The first-order valence-electron chi connectivity index (χ1n) is 7.95. The molecule has 0 unspecified atom stereocenters. The van der Waals surface area contributed by atoms with Crippen molar-refractivity contribution in [3.8, 4) is 0 Å². The third-order valence-electron chi connectivity index (χ3n) is 4.56. The van der Waals surface area contributed by atoms with E-state index in [1.165, 1.54) is 0 Å². The van der Waals surface area contributed by atoms with Crippen LogP contribution in [-0.4, -0.2) is 35.1 Å². The van der Waals surface area contributed by atoms with Crippen LogP contribution in [0.15, 0.2) is 12.3 Å². The zero-order valence-corrected chi connectivity index (χ0v) is 13.9. The molecule has 1 fully saturated rings. The fourth-order valence-corrected chi connectivity index (χ4v) is 2.42. The molecule has 0 aliphatic carbocycles. The third kappa shape index (κ3) is 4.03. The fraction of sp³-hybridized carbons (Fsp3) is 0.647. The molecule has 1 aliphatic heterocycles. The Morgan fingerprint density at radius 3 is 2.86 bits per heavy atom. The van der Waals surface area contributed by atoms with Crippen molar-refractivity contribution in [2.24, 2.45) is 5.41 Å². The molecule has 0 bridgehead atoms. The number of carbonyl (C=O) groups excluding carboxylic acids is 1. The van der Waals surface area contributed by atoms with Crippen LogP contribution in [0.2, 0.25) is 0 Å². The molecule has 0 saturated carbocycles. The summed E-state index contributed by atoms with van der Waals surface area (Å²) in [6, 6.07) is 1.91. The van der Waals surface area contributed by atoms with E-state index in [2.05, 4.69) is 15.2 Å². The monoisotopic (exact) mass is 307 g/mol. The second-order valence-corrected chi connectivity index (χ2v) is 6.81. The molecule has 2 rings (SSSR count). The first-order valence-corrected chi connectivity index (χ1v) is 7.95. The summed E-state index contributed by atoms with van der Waals surface area (Å²) < 4.78 is 13.3. The van der Waals surface area contributed by atoms with Gasteiger partial charge in [0.15, 0.2) is 0 Å². The molecule has 0 spiro atoms. The Kier molecular flexibility index (Phi) is 5.16. The van der Waals surface area contributed by atoms with Gasteiger partial charge >= 0.3 is 0 Å². The number of nitrogens with one attached hydrogen (secondary N) is 1. The number of aryl methyl sites for hydroxylation is 1. The van der Waals surface area contributed by atoms with E-state index in [1.54, 1.807) is 6.20 Å². The highest BCUT2D eigenvalue weighted by molar-refractivity contribution is 5.94. The molecule has 1 aromatic rings. The Bertz CT molecular complexity index is 545. The van der Waals surface area contributed by atoms with Crippen molar-refractivity contribution >= 4 is 11.7 Å². The lowest BCUT2D eigenvalue weighted by Crippen LogP contribution is -2.30. The zero-order chi connectivity index (χ0) is 16.3. The van der Waals surface area contributed by atoms with Gasteiger partial charge in [-0.15, -0.1) is 0 Å². The summed E-state index contributed by atoms with van der Waals surface area (Å²) in [5, 5.41) is 2.89. The summed E-state index contributed by atoms with van der Waals surface area (Å²) >= 11 is 0. The summed E-state index contributed by atoms with van der Waals surface area (Å²) in [6.07, 6.45) is 2.43. The molecule has 1 aromatic heterocycles. The van der Waals surface area contributed by atoms with E-state index in [-0.39, 0.29) is 5.91 Å². The minimum absolute atomic E-state index is 0.0257. The minimum Gasteiger partial charge on any atom is -0.310 e. The maximum Gasteiger partial charge on any atom is 0.231 e. The van der Waals surface area contributed by atoms with E-state index in [1.807, 2.05) is 33.8 Å². The van der Waals surface area contributed by atoms with Gasteiger partial charge < -0.3 is 5.32 Å². The molecule has 1 amide bonds. The van der Waals surface area contributed by atoms with Crippen LogP contribution in [0.1, 0.15) is 44.7 Å². The topological polar surface area (TPSA) is 45.2 Å². The van der Waals surface area contributed by atoms with E-state index in [0.717, 1.165) is 24.1 Å². The normalized spacial score (nSPS) is 19.4. The van der Waals surface area contributed by atoms with Gasteiger partial charge in [0.2, 0.25) is 5.91 Å². The van der Waals surface area contributed by atoms with E-state index in [9.17, 15) is 9.18 Å². The minimum atomic E-state index is -0.716. The smallest absolute Gasteiger partial charge is 0.231 e. The predicted molar refractivity (Wildman–Crippen MR) is 86.5 cm³/mol. The molecule has 122 valence electrons. The second-order valence-electron chi connectivity index (χ2n) is 6.81. The second kappa shape index (κ2) is 6.73. The highest BCUT2D eigenvalue weighted by atomic mass is 19.1. The first kappa shape index (κ1) is 16.9. The molecule has 0 aromatic carbocycles. The Morgan fingerprint density at radius 2 is 2.27 bits per heavy atom. The van der Waals surface area contributed by atoms with Crippen LogP contribution in [-0.2, 0) is 11.3 Å². The molecule has 2 heterocycles. The van der Waals surface area contributed by atoms with Gasteiger partial charge in [0.05, 0.1) is 0 Å². The lowest BCUT2D eigenvalue weighted by Gasteiger charge is -2.22. The molecular formula is C17H26FN3O. The lowest BCUT2D eigenvalue weighted by atomic mass is 9.89. The molecule has 1 N–H and O–H groups in total. The number of nitrogens with zero attached hydrogens (tertiary/aromatic N) is 2. The van der Waals surface area contributed by atoms with E-state index < -0.39 is 11.6 Å². The van der Waals surface area contributed by atoms with Gasteiger partial charge in [-0.2, -0.15) is 0 Å². The van der Waals surface area contributed by atoms with Gasteiger partial charge in [0.25, 0.3) is 0 Å². The first-order chi connectivity index (χ1) is 10.3. The molecule has 1 aliphatic rings. The van der Waals surface area contributed by atoms with Crippen molar-refractivity contribution in [2.45, 2.75) is 53.3 Å². The van der Waals surface area contributed by atoms with Gasteiger partial charge in [-0.1, -0.05) is 20.8 Å². The molecule has 1 atom stereocenters. The summed E-state index contributed by atoms with van der Waals surface area (Å²) in [6.45, 7) is 9.81. The Hall–Kier alpha value is -1.49. The largest absolute Gasteiger partial charge is 0.310 e. The highest BCUT2D eigenvalue weighted by Gasteiger charge is 2.26. The van der Waals surface area contributed by atoms with E-state index in [4.69, 9.17) is 0 Å². The number of pyridine rings is 1. The number of amides is 1. The van der Waals surface area contributed by atoms with Gasteiger partial charge in [-0.25, -0.2) is 9.37 Å². The van der Waals surface area contributed by atoms with Crippen molar-refractivity contribution < 1.29 is 9.18 Å². The molecule has 5 heteroatoms. The van der Waals surface area contributed by atoms with Crippen LogP contribution >= 0.6 is 0 Å². The van der Waals surface area contributed by atoms with Crippen molar-refractivity contribution in [3.05, 3.63) is 23.4 Å². The fourth-order valence-electron chi connectivity index (χ4n) is 2.42. The number of carbonyl (C=O) groups is 1. The highest BCUT2D eigenvalue weighted by Crippen LogP contribution is 2.23. The number of alkyl halides is 1. The summed E-state index contributed by atoms with van der Waals surface area (Å²) in [4.78, 5) is 18.6. The van der Waals surface area contributed by atoms with Crippen molar-refractivity contribution in [1.82, 2.24) is 9.88 Å². The standard InChI is InChI=1S/C17H26FN3O/c1-5-17(3,4)16(22)20-15-8-13(12(2)9-19-15)10-21-7-6-14(18)11-21/h8-9,14H,5-7,10-11H2,1-4H3,(H,19,20,22)/t14-/m0/s1. The van der Waals surface area contributed by atoms with Gasteiger partial charge in [0, 0.05) is 31.2 Å². The van der Waals surface area contributed by atoms with Crippen LogP contribution < -0.4 is 5.32 Å². The van der Waals surface area contributed by atoms with Crippen LogP contribution in [0, 0.1) is 12.3 Å². The number of hydrogen-bond acceptors (Lipinski definition) is 3. The Balaban J connectivity index is 2.08. The van der Waals surface area contributed by atoms with Crippen LogP contribution in [0.25, 0.3) is 0 Å². The summed E-state index contributed by atoms with van der Waals surface area (Å²) in [7, 11) is 0. The van der Waals surface area contributed by atoms with Crippen LogP contribution in [0.5, 0.6) is 0 Å². The van der Waals surface area contributed by atoms with Crippen LogP contribution in [0.3, 0.4) is 0 Å². The lowest BCUT2D eigenvalue weighted by molar-refractivity contribution is -0.124. The molecule has 1 saturated heterocycles. The number of aromatic nitrogens is 1. The average Bonchev–Trinajstić information content (AvgIpc) is 2.87. The quantitative estimate of drug-likeness (QED) is 0.907. The number of rotatable bonds is 5. The van der Waals surface area contributed by atoms with Crippen LogP contribution in [0.4, 0.5) is 10.2 Å². The number of hydrogen-bond donors (Lipinski definition) is 1. The SMILES string of the molecule is CCC(C)(C)C(=O)Nc1cc(CN2CC[C@H](F)C2)c(C)cn1. The number of halogens is 1. The third-order valence-corrected chi connectivity index (χ3v) is 4.56. The zero-order valence-electron chi connectivity index (χ0n) is 13.9.